The maximum Gasteiger partial charge on any atom is 0.130 e. The Morgan fingerprint density at radius 2 is 1.55 bits per heavy atom. The van der Waals surface area contributed by atoms with E-state index >= 15 is 0 Å². The summed E-state index contributed by atoms with van der Waals surface area (Å²) in [6.45, 7) is 0. The zero-order valence-electron chi connectivity index (χ0n) is 11.0. The minimum Gasteiger partial charge on any atom is -0.207 e. The fourth-order valence-corrected chi connectivity index (χ4v) is 3.55. The second kappa shape index (κ2) is 5.65. The molecule has 0 nitrogen and oxygen atoms in total. The summed E-state index contributed by atoms with van der Waals surface area (Å²) in [5.41, 5.74) is 3.68. The van der Waals surface area contributed by atoms with Crippen molar-refractivity contribution in [1.29, 1.82) is 0 Å². The highest BCUT2D eigenvalue weighted by molar-refractivity contribution is 9.09. The lowest BCUT2D eigenvalue weighted by molar-refractivity contribution is 0.560. The predicted octanol–water partition coefficient (Wildman–Crippen LogP) is 5.33. The molecule has 3 rings (SSSR count). The molecule has 1 atom stereocenters. The van der Waals surface area contributed by atoms with Crippen LogP contribution in [0.15, 0.2) is 36.4 Å². The zero-order chi connectivity index (χ0) is 14.1. The third-order valence-corrected chi connectivity index (χ3v) is 4.90. The van der Waals surface area contributed by atoms with E-state index in [1.165, 1.54) is 42.2 Å². The summed E-state index contributed by atoms with van der Waals surface area (Å²) in [7, 11) is 0. The van der Waals surface area contributed by atoms with Crippen molar-refractivity contribution in [2.45, 2.75) is 30.5 Å². The van der Waals surface area contributed by atoms with Gasteiger partial charge in [-0.1, -0.05) is 40.2 Å². The molecule has 0 fully saturated rings. The first-order chi connectivity index (χ1) is 9.66. The summed E-state index contributed by atoms with van der Waals surface area (Å²) in [5.74, 6) is -1.02. The molecule has 2 aromatic rings. The Morgan fingerprint density at radius 3 is 2.25 bits per heavy atom. The van der Waals surface area contributed by atoms with Crippen LogP contribution in [0.4, 0.5) is 8.78 Å². The maximum absolute atomic E-state index is 13.9. The third kappa shape index (κ3) is 2.51. The number of alkyl halides is 1. The largest absolute Gasteiger partial charge is 0.207 e. The number of benzene rings is 2. The van der Waals surface area contributed by atoms with Gasteiger partial charge >= 0.3 is 0 Å². The smallest absolute Gasteiger partial charge is 0.130 e. The number of rotatable bonds is 2. The fraction of sp³-hybridized carbons (Fsp3) is 0.294. The first kappa shape index (κ1) is 13.7. The Bertz CT molecular complexity index is 617. The highest BCUT2D eigenvalue weighted by Gasteiger charge is 2.20. The molecule has 0 aliphatic heterocycles. The van der Waals surface area contributed by atoms with Crippen LogP contribution in [0.5, 0.6) is 0 Å². The standard InChI is InChI=1S/C17H15BrF2/c18-17(16-14(19)6-3-7-15(16)20)13-9-8-11-4-1-2-5-12(11)10-13/h3,6-10,17H,1-2,4-5H2. The van der Waals surface area contributed by atoms with Crippen molar-refractivity contribution in [2.75, 3.05) is 0 Å². The van der Waals surface area contributed by atoms with E-state index in [2.05, 4.69) is 28.1 Å². The highest BCUT2D eigenvalue weighted by atomic mass is 79.9. The Hall–Kier alpha value is -1.22. The van der Waals surface area contributed by atoms with Crippen LogP contribution in [0.1, 0.15) is 39.9 Å². The van der Waals surface area contributed by atoms with Gasteiger partial charge in [-0.05, 0) is 54.5 Å². The third-order valence-electron chi connectivity index (χ3n) is 3.92. The molecule has 0 amide bonds. The summed E-state index contributed by atoms with van der Waals surface area (Å²) < 4.78 is 27.7. The molecular formula is C17H15BrF2. The average molecular weight is 337 g/mol. The summed E-state index contributed by atoms with van der Waals surface area (Å²) in [5, 5.41) is 0. The van der Waals surface area contributed by atoms with Gasteiger partial charge in [0.2, 0.25) is 0 Å². The molecule has 0 saturated heterocycles. The molecule has 1 aliphatic carbocycles. The Labute approximate surface area is 126 Å². The SMILES string of the molecule is Fc1cccc(F)c1C(Br)c1ccc2c(c1)CCCC2. The molecule has 0 spiro atoms. The van der Waals surface area contributed by atoms with Gasteiger partial charge in [0.15, 0.2) is 0 Å². The van der Waals surface area contributed by atoms with Gasteiger partial charge in [0.25, 0.3) is 0 Å². The predicted molar refractivity (Wildman–Crippen MR) is 80.2 cm³/mol. The van der Waals surface area contributed by atoms with Crippen LogP contribution in [-0.2, 0) is 12.8 Å². The van der Waals surface area contributed by atoms with Gasteiger partial charge in [0.1, 0.15) is 11.6 Å². The molecular weight excluding hydrogens is 322 g/mol. The minimum atomic E-state index is -0.510. The Morgan fingerprint density at radius 1 is 0.900 bits per heavy atom. The second-order valence-corrected chi connectivity index (χ2v) is 6.15. The molecule has 0 heterocycles. The lowest BCUT2D eigenvalue weighted by atomic mass is 9.89. The molecule has 20 heavy (non-hydrogen) atoms. The Kier molecular flexibility index (Phi) is 3.88. The van der Waals surface area contributed by atoms with Crippen molar-refractivity contribution in [3.8, 4) is 0 Å². The van der Waals surface area contributed by atoms with Crippen LogP contribution in [0.2, 0.25) is 0 Å². The highest BCUT2D eigenvalue weighted by Crippen LogP contribution is 2.36. The monoisotopic (exact) mass is 336 g/mol. The molecule has 0 aromatic heterocycles. The van der Waals surface area contributed by atoms with Crippen molar-refractivity contribution in [3.05, 3.63) is 70.3 Å². The fourth-order valence-electron chi connectivity index (χ4n) is 2.83. The van der Waals surface area contributed by atoms with Crippen LogP contribution in [0.25, 0.3) is 0 Å². The molecule has 0 N–H and O–H groups in total. The Balaban J connectivity index is 2.00. The van der Waals surface area contributed by atoms with Crippen LogP contribution in [0, 0.1) is 11.6 Å². The van der Waals surface area contributed by atoms with E-state index in [0.29, 0.717) is 0 Å². The molecule has 2 aromatic carbocycles. The van der Waals surface area contributed by atoms with Crippen molar-refractivity contribution in [1.82, 2.24) is 0 Å². The van der Waals surface area contributed by atoms with E-state index in [4.69, 9.17) is 0 Å². The molecule has 0 bridgehead atoms. The number of hydrogen-bond donors (Lipinski definition) is 0. The molecule has 104 valence electrons. The van der Waals surface area contributed by atoms with Gasteiger partial charge < -0.3 is 0 Å². The lowest BCUT2D eigenvalue weighted by Crippen LogP contribution is -2.05. The van der Waals surface area contributed by atoms with E-state index in [0.717, 1.165) is 18.4 Å². The quantitative estimate of drug-likeness (QED) is 0.650. The van der Waals surface area contributed by atoms with Crippen LogP contribution in [0.3, 0.4) is 0 Å². The van der Waals surface area contributed by atoms with Gasteiger partial charge in [-0.25, -0.2) is 8.78 Å². The van der Waals surface area contributed by atoms with Crippen molar-refractivity contribution in [3.63, 3.8) is 0 Å². The summed E-state index contributed by atoms with van der Waals surface area (Å²) >= 11 is 3.44. The summed E-state index contributed by atoms with van der Waals surface area (Å²) in [6.07, 6.45) is 4.59. The van der Waals surface area contributed by atoms with Crippen LogP contribution < -0.4 is 0 Å². The number of aryl methyl sites for hydroxylation is 2. The van der Waals surface area contributed by atoms with Crippen LogP contribution in [-0.4, -0.2) is 0 Å². The van der Waals surface area contributed by atoms with Crippen molar-refractivity contribution >= 4 is 15.9 Å². The first-order valence-electron chi connectivity index (χ1n) is 6.86. The van der Waals surface area contributed by atoms with Crippen molar-refractivity contribution < 1.29 is 8.78 Å². The van der Waals surface area contributed by atoms with Crippen molar-refractivity contribution in [2.24, 2.45) is 0 Å². The molecule has 0 radical (unpaired) electrons. The number of fused-ring (bicyclic) bond motifs is 1. The maximum atomic E-state index is 13.9. The van der Waals surface area contributed by atoms with E-state index in [1.807, 2.05) is 6.07 Å². The molecule has 0 saturated carbocycles. The first-order valence-corrected chi connectivity index (χ1v) is 7.78. The van der Waals surface area contributed by atoms with E-state index < -0.39 is 16.5 Å². The lowest BCUT2D eigenvalue weighted by Gasteiger charge is -2.19. The second-order valence-electron chi connectivity index (χ2n) is 5.23. The van der Waals surface area contributed by atoms with Gasteiger partial charge in [-0.15, -0.1) is 0 Å². The molecule has 3 heteroatoms. The summed E-state index contributed by atoms with van der Waals surface area (Å²) in [6, 6.07) is 10.1. The topological polar surface area (TPSA) is 0 Å². The van der Waals surface area contributed by atoms with Gasteiger partial charge in [0.05, 0.1) is 4.83 Å². The van der Waals surface area contributed by atoms with E-state index in [-0.39, 0.29) is 5.56 Å². The van der Waals surface area contributed by atoms with Gasteiger partial charge in [-0.2, -0.15) is 0 Å². The summed E-state index contributed by atoms with van der Waals surface area (Å²) in [4.78, 5) is -0.448. The molecule has 1 aliphatic rings. The van der Waals surface area contributed by atoms with Gasteiger partial charge in [-0.3, -0.25) is 0 Å². The minimum absolute atomic E-state index is 0.0864. The normalized spacial score (nSPS) is 15.8. The van der Waals surface area contributed by atoms with E-state index in [9.17, 15) is 8.78 Å². The number of halogens is 3. The number of hydrogen-bond acceptors (Lipinski definition) is 0. The van der Waals surface area contributed by atoms with E-state index in [1.54, 1.807) is 0 Å². The van der Waals surface area contributed by atoms with Crippen LogP contribution >= 0.6 is 15.9 Å². The van der Waals surface area contributed by atoms with Gasteiger partial charge in [0, 0.05) is 5.56 Å². The average Bonchev–Trinajstić information content (AvgIpc) is 2.46. The zero-order valence-corrected chi connectivity index (χ0v) is 12.6. The molecule has 1 unspecified atom stereocenters.